The van der Waals surface area contributed by atoms with E-state index >= 15 is 0 Å². The first-order valence-electron chi connectivity index (χ1n) is 8.69. The predicted molar refractivity (Wildman–Crippen MR) is 105 cm³/mol. The molecule has 0 aliphatic carbocycles. The Bertz CT molecular complexity index is 1200. The van der Waals surface area contributed by atoms with E-state index in [1.807, 2.05) is 26.0 Å². The summed E-state index contributed by atoms with van der Waals surface area (Å²) in [4.78, 5) is 16.8. The average molecular weight is 376 g/mol. The van der Waals surface area contributed by atoms with E-state index < -0.39 is 5.82 Å². The summed E-state index contributed by atoms with van der Waals surface area (Å²) in [6.45, 7) is 3.91. The number of carbonyl (C=O) groups is 1. The number of aromatic nitrogens is 1. The van der Waals surface area contributed by atoms with Crippen molar-refractivity contribution in [3.63, 3.8) is 0 Å². The largest absolute Gasteiger partial charge is 0.507 e. The van der Waals surface area contributed by atoms with Gasteiger partial charge in [0.25, 0.3) is 5.91 Å². The lowest BCUT2D eigenvalue weighted by Crippen LogP contribution is -2.11. The molecule has 1 amide bonds. The highest BCUT2D eigenvalue weighted by Crippen LogP contribution is 2.34. The molecule has 1 heterocycles. The predicted octanol–water partition coefficient (Wildman–Crippen LogP) is 5.21. The van der Waals surface area contributed by atoms with Gasteiger partial charge in [-0.25, -0.2) is 9.37 Å². The second-order valence-electron chi connectivity index (χ2n) is 6.64. The molecular formula is C22H17FN2O3. The third-order valence-electron chi connectivity index (χ3n) is 4.41. The third kappa shape index (κ3) is 3.32. The lowest BCUT2D eigenvalue weighted by molar-refractivity contribution is 0.102. The number of rotatable bonds is 3. The molecule has 28 heavy (non-hydrogen) atoms. The van der Waals surface area contributed by atoms with Crippen LogP contribution < -0.4 is 5.32 Å². The molecular weight excluding hydrogens is 359 g/mol. The van der Waals surface area contributed by atoms with Crippen LogP contribution in [0.2, 0.25) is 0 Å². The number of phenolic OH excluding ortho intramolecular Hbond substituents is 1. The Hall–Kier alpha value is -3.67. The number of aromatic hydroxyl groups is 1. The number of anilines is 1. The second-order valence-corrected chi connectivity index (χ2v) is 6.64. The first-order chi connectivity index (χ1) is 13.4. The van der Waals surface area contributed by atoms with E-state index in [4.69, 9.17) is 4.42 Å². The molecule has 0 saturated carbocycles. The van der Waals surface area contributed by atoms with Crippen molar-refractivity contribution in [2.75, 3.05) is 5.32 Å². The number of phenols is 1. The van der Waals surface area contributed by atoms with Crippen LogP contribution in [-0.2, 0) is 0 Å². The van der Waals surface area contributed by atoms with Gasteiger partial charge in [-0.2, -0.15) is 0 Å². The normalized spacial score (nSPS) is 11.0. The molecule has 2 N–H and O–H groups in total. The summed E-state index contributed by atoms with van der Waals surface area (Å²) in [7, 11) is 0. The topological polar surface area (TPSA) is 75.4 Å². The molecule has 0 bridgehead atoms. The maximum absolute atomic E-state index is 13.0. The van der Waals surface area contributed by atoms with Crippen LogP contribution in [0.3, 0.4) is 0 Å². The molecule has 1 aromatic heterocycles. The summed E-state index contributed by atoms with van der Waals surface area (Å²) >= 11 is 0. The van der Waals surface area contributed by atoms with Crippen molar-refractivity contribution in [3.05, 3.63) is 77.1 Å². The molecule has 3 aromatic carbocycles. The van der Waals surface area contributed by atoms with E-state index in [9.17, 15) is 14.3 Å². The molecule has 4 rings (SSSR count). The minimum Gasteiger partial charge on any atom is -0.507 e. The van der Waals surface area contributed by atoms with Crippen LogP contribution in [0.1, 0.15) is 21.5 Å². The van der Waals surface area contributed by atoms with Gasteiger partial charge in [-0.3, -0.25) is 4.79 Å². The smallest absolute Gasteiger partial charge is 0.255 e. The van der Waals surface area contributed by atoms with Crippen LogP contribution in [0, 0.1) is 19.7 Å². The summed E-state index contributed by atoms with van der Waals surface area (Å²) in [6, 6.07) is 13.8. The highest BCUT2D eigenvalue weighted by Gasteiger charge is 2.16. The quantitative estimate of drug-likeness (QED) is 0.481. The number of carbonyl (C=O) groups excluding carboxylic acids is 1. The fourth-order valence-electron chi connectivity index (χ4n) is 3.08. The van der Waals surface area contributed by atoms with E-state index in [0.717, 1.165) is 11.1 Å². The Kier molecular flexibility index (Phi) is 4.31. The van der Waals surface area contributed by atoms with E-state index in [1.54, 1.807) is 12.1 Å². The number of aryl methyl sites for hydroxylation is 2. The molecule has 0 saturated heterocycles. The molecule has 140 valence electrons. The van der Waals surface area contributed by atoms with Gasteiger partial charge in [0.05, 0.1) is 5.56 Å². The molecule has 6 heteroatoms. The van der Waals surface area contributed by atoms with E-state index in [-0.39, 0.29) is 17.5 Å². The molecule has 0 atom stereocenters. The number of halogens is 1. The zero-order valence-corrected chi connectivity index (χ0v) is 15.3. The molecule has 0 fully saturated rings. The average Bonchev–Trinajstić information content (AvgIpc) is 3.08. The zero-order valence-electron chi connectivity index (χ0n) is 15.3. The Morgan fingerprint density at radius 1 is 1.07 bits per heavy atom. The van der Waals surface area contributed by atoms with Crippen molar-refractivity contribution >= 4 is 22.7 Å². The number of nitrogens with one attached hydrogen (secondary N) is 1. The highest BCUT2D eigenvalue weighted by molar-refractivity contribution is 6.04. The van der Waals surface area contributed by atoms with Gasteiger partial charge in [0.2, 0.25) is 5.89 Å². The van der Waals surface area contributed by atoms with Crippen LogP contribution in [0.4, 0.5) is 10.1 Å². The van der Waals surface area contributed by atoms with Crippen LogP contribution >= 0.6 is 0 Å². The second kappa shape index (κ2) is 6.81. The minimum absolute atomic E-state index is 0.0132. The summed E-state index contributed by atoms with van der Waals surface area (Å²) in [6.07, 6.45) is 0. The molecule has 0 aliphatic rings. The lowest BCUT2D eigenvalue weighted by atomic mass is 10.1. The number of nitrogens with zero attached hydrogens (tertiary/aromatic N) is 1. The van der Waals surface area contributed by atoms with Gasteiger partial charge < -0.3 is 14.8 Å². The number of oxazole rings is 1. The van der Waals surface area contributed by atoms with Crippen molar-refractivity contribution in [2.24, 2.45) is 0 Å². The van der Waals surface area contributed by atoms with Crippen LogP contribution in [0.15, 0.2) is 59.0 Å². The molecule has 0 radical (unpaired) electrons. The number of amides is 1. The van der Waals surface area contributed by atoms with Crippen molar-refractivity contribution < 1.29 is 18.7 Å². The summed E-state index contributed by atoms with van der Waals surface area (Å²) in [5.74, 6) is -0.551. The van der Waals surface area contributed by atoms with Gasteiger partial charge >= 0.3 is 0 Å². The summed E-state index contributed by atoms with van der Waals surface area (Å²) in [5, 5.41) is 13.0. The number of benzene rings is 3. The monoisotopic (exact) mass is 376 g/mol. The first kappa shape index (κ1) is 17.7. The third-order valence-corrected chi connectivity index (χ3v) is 4.41. The Morgan fingerprint density at radius 2 is 1.82 bits per heavy atom. The Labute approximate surface area is 160 Å². The molecule has 0 spiro atoms. The molecule has 4 aromatic rings. The Balaban J connectivity index is 1.68. The molecule has 5 nitrogen and oxygen atoms in total. The standard InChI is InChI=1S/C22H17FN2O3/c1-12-9-13(2)20-18(10-12)25-22(28-20)17-11-16(7-8-19(17)26)24-21(27)14-3-5-15(23)6-4-14/h3-11,26H,1-2H3,(H,24,27). The van der Waals surface area contributed by atoms with Gasteiger partial charge in [-0.1, -0.05) is 6.07 Å². The van der Waals surface area contributed by atoms with Gasteiger partial charge in [-0.15, -0.1) is 0 Å². The molecule has 0 aliphatic heterocycles. The maximum Gasteiger partial charge on any atom is 0.255 e. The van der Waals surface area contributed by atoms with Crippen molar-refractivity contribution in [3.8, 4) is 17.2 Å². The van der Waals surface area contributed by atoms with Gasteiger partial charge in [-0.05, 0) is 73.5 Å². The van der Waals surface area contributed by atoms with Crippen molar-refractivity contribution in [2.45, 2.75) is 13.8 Å². The van der Waals surface area contributed by atoms with Gasteiger partial charge in [0, 0.05) is 11.3 Å². The SMILES string of the molecule is Cc1cc(C)c2oc(-c3cc(NC(=O)c4ccc(F)cc4)ccc3O)nc2c1. The van der Waals surface area contributed by atoms with E-state index in [1.165, 1.54) is 30.3 Å². The van der Waals surface area contributed by atoms with Gasteiger partial charge in [0.15, 0.2) is 5.58 Å². The summed E-state index contributed by atoms with van der Waals surface area (Å²) in [5.41, 5.74) is 4.52. The number of hydrogen-bond acceptors (Lipinski definition) is 4. The number of hydrogen-bond donors (Lipinski definition) is 2. The maximum atomic E-state index is 13.0. The van der Waals surface area contributed by atoms with Crippen LogP contribution in [0.25, 0.3) is 22.6 Å². The first-order valence-corrected chi connectivity index (χ1v) is 8.69. The summed E-state index contributed by atoms with van der Waals surface area (Å²) < 4.78 is 18.9. The van der Waals surface area contributed by atoms with Crippen molar-refractivity contribution in [1.29, 1.82) is 0 Å². The fraction of sp³-hybridized carbons (Fsp3) is 0.0909. The number of fused-ring (bicyclic) bond motifs is 1. The van der Waals surface area contributed by atoms with E-state index in [0.29, 0.717) is 27.9 Å². The Morgan fingerprint density at radius 3 is 2.57 bits per heavy atom. The van der Waals surface area contributed by atoms with E-state index in [2.05, 4.69) is 10.3 Å². The van der Waals surface area contributed by atoms with Crippen LogP contribution in [0.5, 0.6) is 5.75 Å². The van der Waals surface area contributed by atoms with Crippen LogP contribution in [-0.4, -0.2) is 16.0 Å². The minimum atomic E-state index is -0.412. The molecule has 0 unspecified atom stereocenters. The fourth-order valence-corrected chi connectivity index (χ4v) is 3.08. The van der Waals surface area contributed by atoms with Crippen molar-refractivity contribution in [1.82, 2.24) is 4.98 Å². The highest BCUT2D eigenvalue weighted by atomic mass is 19.1. The lowest BCUT2D eigenvalue weighted by Gasteiger charge is -2.08. The zero-order chi connectivity index (χ0) is 19.8. The van der Waals surface area contributed by atoms with Gasteiger partial charge in [0.1, 0.15) is 17.1 Å².